The average molecular weight is 773 g/mol. The number of carbonyl (C=O) groups is 3. The predicted octanol–water partition coefficient (Wildman–Crippen LogP) is 9.89. The van der Waals surface area contributed by atoms with Crippen LogP contribution in [0.4, 0.5) is 0 Å². The van der Waals surface area contributed by atoms with Crippen molar-refractivity contribution in [1.82, 2.24) is 0 Å². The molecule has 10 heteroatoms. The van der Waals surface area contributed by atoms with Crippen molar-refractivity contribution in [3.8, 4) is 10.4 Å². The second kappa shape index (κ2) is 18.8. The molecular formula is C33H37Br2ClO5S2. The van der Waals surface area contributed by atoms with E-state index in [0.29, 0.717) is 28.7 Å². The number of rotatable bonds is 5. The van der Waals surface area contributed by atoms with Crippen molar-refractivity contribution >= 4 is 90.7 Å². The summed E-state index contributed by atoms with van der Waals surface area (Å²) in [5.41, 5.74) is 6.82. The highest BCUT2D eigenvalue weighted by molar-refractivity contribution is 9.10. The van der Waals surface area contributed by atoms with E-state index in [9.17, 15) is 14.4 Å². The molecule has 0 radical (unpaired) electrons. The van der Waals surface area contributed by atoms with Gasteiger partial charge in [-0.15, -0.1) is 11.3 Å². The molecule has 0 saturated carbocycles. The van der Waals surface area contributed by atoms with Gasteiger partial charge in [0.15, 0.2) is 0 Å². The molecule has 0 fully saturated rings. The fourth-order valence-electron chi connectivity index (χ4n) is 4.63. The van der Waals surface area contributed by atoms with E-state index < -0.39 is 0 Å². The van der Waals surface area contributed by atoms with Crippen LogP contribution in [0.5, 0.6) is 0 Å². The Bertz CT molecular complexity index is 1450. The quantitative estimate of drug-likeness (QED) is 0.159. The first-order chi connectivity index (χ1) is 20.2. The number of thiophene rings is 1. The molecule has 232 valence electrons. The molecule has 3 aromatic rings. The zero-order chi connectivity index (χ0) is 30.6. The number of ether oxygens (including phenoxy) is 2. The van der Waals surface area contributed by atoms with Crippen molar-refractivity contribution in [2.24, 2.45) is 0 Å². The normalized spacial score (nSPS) is 13.1. The Labute approximate surface area is 286 Å². The van der Waals surface area contributed by atoms with Crippen LogP contribution in [0.2, 0.25) is 0 Å². The highest BCUT2D eigenvalue weighted by atomic mass is 79.9. The number of esters is 2. The van der Waals surface area contributed by atoms with Gasteiger partial charge in [0.25, 0.3) is 0 Å². The van der Waals surface area contributed by atoms with Crippen LogP contribution >= 0.6 is 67.4 Å². The van der Waals surface area contributed by atoms with Crippen molar-refractivity contribution in [3.05, 3.63) is 84.1 Å². The van der Waals surface area contributed by atoms with Gasteiger partial charge in [-0.25, -0.2) is 4.79 Å². The zero-order valence-electron chi connectivity index (χ0n) is 23.5. The lowest BCUT2D eigenvalue weighted by Crippen LogP contribution is -2.03. The molecule has 5 nitrogen and oxygen atoms in total. The highest BCUT2D eigenvalue weighted by Crippen LogP contribution is 2.40. The van der Waals surface area contributed by atoms with Crippen LogP contribution < -0.4 is 0 Å². The maximum atomic E-state index is 11.9. The van der Waals surface area contributed by atoms with Crippen LogP contribution in [0.3, 0.4) is 0 Å². The van der Waals surface area contributed by atoms with E-state index in [0.717, 1.165) is 59.3 Å². The van der Waals surface area contributed by atoms with Crippen molar-refractivity contribution in [1.29, 1.82) is 0 Å². The van der Waals surface area contributed by atoms with Gasteiger partial charge in [0.05, 0.1) is 24.0 Å². The van der Waals surface area contributed by atoms with E-state index in [-0.39, 0.29) is 25.1 Å². The van der Waals surface area contributed by atoms with Crippen LogP contribution in [-0.2, 0) is 38.3 Å². The first-order valence-electron chi connectivity index (χ1n) is 13.7. The molecule has 0 N–H and O–H groups in total. The summed E-state index contributed by atoms with van der Waals surface area (Å²) < 4.78 is 11.7. The fraction of sp³-hybridized carbons (Fsp3) is 0.364. The SMILES string of the molecule is C.CCOC(=O)CS.CCOC(=O)c1cc2c(s1)-c1cc(Br)ccc1CCC2.O=CC1=C(Cl)c2cc(Br)ccc2CCC1. The first-order valence-corrected chi connectivity index (χ1v) is 17.1. The fourth-order valence-corrected chi connectivity index (χ4v) is 6.92. The summed E-state index contributed by atoms with van der Waals surface area (Å²) in [6.07, 6.45) is 6.86. The monoisotopic (exact) mass is 770 g/mol. The minimum absolute atomic E-state index is 0. The number of hydrogen-bond donors (Lipinski definition) is 1. The van der Waals surface area contributed by atoms with Gasteiger partial charge < -0.3 is 9.47 Å². The van der Waals surface area contributed by atoms with Crippen molar-refractivity contribution in [2.45, 2.75) is 59.8 Å². The number of fused-ring (bicyclic) bond motifs is 4. The predicted molar refractivity (Wildman–Crippen MR) is 189 cm³/mol. The average Bonchev–Trinajstić information content (AvgIpc) is 3.25. The molecule has 0 bridgehead atoms. The molecule has 0 saturated heterocycles. The van der Waals surface area contributed by atoms with E-state index in [4.69, 9.17) is 16.3 Å². The Morgan fingerprint density at radius 3 is 2.00 bits per heavy atom. The van der Waals surface area contributed by atoms with E-state index in [1.54, 1.807) is 18.3 Å². The van der Waals surface area contributed by atoms with Crippen LogP contribution in [0, 0.1) is 0 Å². The first kappa shape index (κ1) is 37.3. The number of halogens is 3. The Morgan fingerprint density at radius 1 is 0.884 bits per heavy atom. The Balaban J connectivity index is 0.000000249. The van der Waals surface area contributed by atoms with Gasteiger partial charge in [-0.2, -0.15) is 12.6 Å². The van der Waals surface area contributed by atoms with E-state index >= 15 is 0 Å². The van der Waals surface area contributed by atoms with Gasteiger partial charge in [-0.05, 0) is 111 Å². The number of aryl methyl sites for hydroxylation is 3. The summed E-state index contributed by atoms with van der Waals surface area (Å²) in [6.45, 7) is 4.47. The molecule has 1 heterocycles. The molecule has 1 aromatic heterocycles. The summed E-state index contributed by atoms with van der Waals surface area (Å²) in [6, 6.07) is 14.5. The third kappa shape index (κ3) is 10.6. The van der Waals surface area contributed by atoms with Crippen LogP contribution in [0.15, 0.2) is 57.0 Å². The molecule has 0 aliphatic heterocycles. The Morgan fingerprint density at radius 2 is 1.44 bits per heavy atom. The number of carbonyl (C=O) groups excluding carboxylic acids is 3. The number of benzene rings is 2. The van der Waals surface area contributed by atoms with Gasteiger partial charge in [0.2, 0.25) is 0 Å². The topological polar surface area (TPSA) is 69.7 Å². The number of thiol groups is 1. The molecule has 2 aliphatic rings. The molecule has 0 atom stereocenters. The molecule has 0 unspecified atom stereocenters. The molecule has 0 spiro atoms. The smallest absolute Gasteiger partial charge is 0.348 e. The lowest BCUT2D eigenvalue weighted by molar-refractivity contribution is -0.139. The van der Waals surface area contributed by atoms with Gasteiger partial charge in [0, 0.05) is 19.4 Å². The van der Waals surface area contributed by atoms with Gasteiger partial charge in [-0.3, -0.25) is 9.59 Å². The number of aldehydes is 1. The number of hydrogen-bond acceptors (Lipinski definition) is 7. The highest BCUT2D eigenvalue weighted by Gasteiger charge is 2.21. The zero-order valence-corrected chi connectivity index (χ0v) is 29.2. The summed E-state index contributed by atoms with van der Waals surface area (Å²) >= 11 is 18.4. The molecule has 43 heavy (non-hydrogen) atoms. The van der Waals surface area contributed by atoms with Crippen molar-refractivity contribution < 1.29 is 23.9 Å². The third-order valence-electron chi connectivity index (χ3n) is 6.55. The van der Waals surface area contributed by atoms with Crippen molar-refractivity contribution in [2.75, 3.05) is 19.0 Å². The Hall–Kier alpha value is -1.91. The van der Waals surface area contributed by atoms with E-state index in [1.807, 2.05) is 25.1 Å². The Kier molecular flexibility index (Phi) is 16.3. The summed E-state index contributed by atoms with van der Waals surface area (Å²) in [5, 5.41) is 0.610. The second-order valence-corrected chi connectivity index (χ2v) is 13.0. The van der Waals surface area contributed by atoms with Gasteiger partial charge >= 0.3 is 11.9 Å². The second-order valence-electron chi connectivity index (χ2n) is 9.42. The lowest BCUT2D eigenvalue weighted by Gasteiger charge is -2.06. The molecule has 0 amide bonds. The largest absolute Gasteiger partial charge is 0.465 e. The number of allylic oxidation sites excluding steroid dienone is 1. The molecular weight excluding hydrogens is 736 g/mol. The minimum Gasteiger partial charge on any atom is -0.465 e. The maximum absolute atomic E-state index is 11.9. The van der Waals surface area contributed by atoms with Gasteiger partial charge in [-0.1, -0.05) is 63.0 Å². The van der Waals surface area contributed by atoms with Gasteiger partial charge in [0.1, 0.15) is 11.2 Å². The lowest BCUT2D eigenvalue weighted by atomic mass is 10.0. The molecule has 2 aliphatic carbocycles. The molecule has 2 aromatic carbocycles. The van der Waals surface area contributed by atoms with Crippen LogP contribution in [-0.4, -0.2) is 37.2 Å². The van der Waals surface area contributed by atoms with E-state index in [2.05, 4.69) is 73.5 Å². The third-order valence-corrected chi connectivity index (χ3v) is 9.44. The van der Waals surface area contributed by atoms with Crippen LogP contribution in [0.25, 0.3) is 15.5 Å². The minimum atomic E-state index is -0.258. The maximum Gasteiger partial charge on any atom is 0.348 e. The summed E-state index contributed by atoms with van der Waals surface area (Å²) in [5.74, 6) is -0.290. The van der Waals surface area contributed by atoms with Crippen LogP contribution in [0.1, 0.15) is 72.5 Å². The standard InChI is InChI=1S/C16H15BrO2S.C12H10BrClO.C4H8O2S.CH4/c1-2-19-16(18)14-8-11-5-3-4-10-6-7-12(17)9-13(10)15(11)20-14;13-10-5-4-8-2-1-3-9(7-15)12(14)11(8)6-10;1-2-6-4(5)3-7;/h6-9H,2-5H2,1H3;4-7H,1-3H2;7H,2-3H2,1H3;1H4. The summed E-state index contributed by atoms with van der Waals surface area (Å²) in [4.78, 5) is 34.8. The van der Waals surface area contributed by atoms with E-state index in [1.165, 1.54) is 27.1 Å². The van der Waals surface area contributed by atoms with Crippen molar-refractivity contribution in [3.63, 3.8) is 0 Å². The summed E-state index contributed by atoms with van der Waals surface area (Å²) in [7, 11) is 0. The molecule has 5 rings (SSSR count).